The maximum Gasteiger partial charge on any atom is 0.271 e. The molecule has 0 aliphatic carbocycles. The summed E-state index contributed by atoms with van der Waals surface area (Å²) >= 11 is 0. The van der Waals surface area contributed by atoms with Crippen molar-refractivity contribution in [2.75, 3.05) is 19.9 Å². The summed E-state index contributed by atoms with van der Waals surface area (Å²) in [6.45, 7) is 1.43. The molecule has 2 aromatic heterocycles. The average Bonchev–Trinajstić information content (AvgIpc) is 3.65. The van der Waals surface area contributed by atoms with E-state index in [1.54, 1.807) is 6.07 Å². The third-order valence-electron chi connectivity index (χ3n) is 7.35. The molecule has 8 nitrogen and oxygen atoms in total. The molecule has 0 fully saturated rings. The predicted octanol–water partition coefficient (Wildman–Crippen LogP) is 4.27. The van der Waals surface area contributed by atoms with Crippen molar-refractivity contribution in [1.82, 2.24) is 19.7 Å². The van der Waals surface area contributed by atoms with Gasteiger partial charge >= 0.3 is 0 Å². The van der Waals surface area contributed by atoms with E-state index in [-0.39, 0.29) is 12.7 Å². The zero-order valence-corrected chi connectivity index (χ0v) is 20.9. The minimum absolute atomic E-state index is 0.0623. The number of carbonyl (C=O) groups is 1. The Labute approximate surface area is 215 Å². The molecule has 1 amide bonds. The maximum atomic E-state index is 13.6. The van der Waals surface area contributed by atoms with Gasteiger partial charge in [-0.15, -0.1) is 0 Å². The Hall–Kier alpha value is -4.20. The Morgan fingerprint density at radius 2 is 1.73 bits per heavy atom. The van der Waals surface area contributed by atoms with E-state index in [4.69, 9.17) is 9.47 Å². The van der Waals surface area contributed by atoms with Gasteiger partial charge in [-0.05, 0) is 90.8 Å². The lowest BCUT2D eigenvalue weighted by atomic mass is 9.95. The molecule has 37 heavy (non-hydrogen) atoms. The van der Waals surface area contributed by atoms with Crippen LogP contribution in [0.15, 0.2) is 54.7 Å². The number of rotatable bonds is 2. The third-order valence-corrected chi connectivity index (χ3v) is 7.35. The Morgan fingerprint density at radius 1 is 0.946 bits per heavy atom. The number of H-pyrrole nitrogens is 1. The van der Waals surface area contributed by atoms with Crippen LogP contribution in [0.5, 0.6) is 17.2 Å². The molecule has 2 aromatic carbocycles. The zero-order chi connectivity index (χ0) is 25.4. The van der Waals surface area contributed by atoms with Crippen LogP contribution in [-0.4, -0.2) is 50.6 Å². The Kier molecular flexibility index (Phi) is 6.08. The van der Waals surface area contributed by atoms with E-state index < -0.39 is 0 Å². The lowest BCUT2D eigenvalue weighted by molar-refractivity contribution is 0.0749. The van der Waals surface area contributed by atoms with Gasteiger partial charge in [0.1, 0.15) is 17.1 Å². The molecule has 0 atom stereocenters. The van der Waals surface area contributed by atoms with Crippen LogP contribution in [0.3, 0.4) is 0 Å². The van der Waals surface area contributed by atoms with Crippen LogP contribution in [0.4, 0.5) is 0 Å². The van der Waals surface area contributed by atoms with E-state index >= 15 is 0 Å². The van der Waals surface area contributed by atoms with Crippen molar-refractivity contribution >= 4 is 5.91 Å². The fraction of sp³-hybridized carbons (Fsp3) is 0.310. The molecular weight excluding hydrogens is 468 g/mol. The Bertz CT molecular complexity index is 1450. The van der Waals surface area contributed by atoms with Gasteiger partial charge in [0, 0.05) is 26.3 Å². The number of aryl methyl sites for hydroxylation is 4. The lowest BCUT2D eigenvalue weighted by Gasteiger charge is -2.22. The summed E-state index contributed by atoms with van der Waals surface area (Å²) in [7, 11) is 1.96. The van der Waals surface area contributed by atoms with Gasteiger partial charge in [-0.1, -0.05) is 12.1 Å². The summed E-state index contributed by atoms with van der Waals surface area (Å²) in [5.74, 6) is 1.78. The fourth-order valence-electron chi connectivity index (χ4n) is 5.25. The number of nitrogens with zero attached hydrogens (tertiary/aromatic N) is 3. The van der Waals surface area contributed by atoms with Gasteiger partial charge in [0.15, 0.2) is 11.5 Å². The van der Waals surface area contributed by atoms with E-state index in [1.165, 1.54) is 11.1 Å². The monoisotopic (exact) mass is 498 g/mol. The number of benzene rings is 2. The molecule has 0 saturated heterocycles. The number of hydrogen-bond donors (Lipinski definition) is 2. The van der Waals surface area contributed by atoms with Crippen LogP contribution in [-0.2, 0) is 32.7 Å². The van der Waals surface area contributed by atoms with Crippen molar-refractivity contribution in [3.05, 3.63) is 82.7 Å². The lowest BCUT2D eigenvalue weighted by Crippen LogP contribution is -2.34. The number of aromatic hydroxyl groups is 1. The number of nitrogens with one attached hydrogen (secondary N) is 1. The molecule has 8 heteroatoms. The normalized spacial score (nSPS) is 15.4. The minimum Gasteiger partial charge on any atom is -0.508 e. The highest BCUT2D eigenvalue weighted by Gasteiger charge is 2.22. The van der Waals surface area contributed by atoms with Crippen molar-refractivity contribution in [3.8, 4) is 28.6 Å². The predicted molar refractivity (Wildman–Crippen MR) is 139 cm³/mol. The van der Waals surface area contributed by atoms with E-state index in [9.17, 15) is 9.90 Å². The summed E-state index contributed by atoms with van der Waals surface area (Å²) in [5, 5.41) is 17.8. The van der Waals surface area contributed by atoms with Gasteiger partial charge in [0.05, 0.1) is 5.69 Å². The maximum absolute atomic E-state index is 13.6. The number of phenols is 1. The second-order valence-electron chi connectivity index (χ2n) is 9.75. The molecule has 4 aromatic rings. The van der Waals surface area contributed by atoms with Crippen LogP contribution >= 0.6 is 0 Å². The number of amides is 1. The molecular formula is C29H30N4O4. The minimum atomic E-state index is -0.0623. The van der Waals surface area contributed by atoms with Crippen molar-refractivity contribution in [1.29, 1.82) is 0 Å². The fourth-order valence-corrected chi connectivity index (χ4v) is 5.25. The van der Waals surface area contributed by atoms with E-state index in [2.05, 4.69) is 28.4 Å². The smallest absolute Gasteiger partial charge is 0.271 e. The van der Waals surface area contributed by atoms with E-state index in [0.29, 0.717) is 31.0 Å². The molecule has 190 valence electrons. The van der Waals surface area contributed by atoms with Crippen molar-refractivity contribution in [2.45, 2.75) is 32.1 Å². The van der Waals surface area contributed by atoms with Crippen LogP contribution < -0.4 is 9.47 Å². The third kappa shape index (κ3) is 4.67. The van der Waals surface area contributed by atoms with Crippen LogP contribution in [0, 0.1) is 0 Å². The highest BCUT2D eigenvalue weighted by atomic mass is 16.7. The SMILES string of the molecule is Cn1cccc1-c1cc(C(=O)N2CCCc3cc4c(cc3CCc3cc(ccc3O)CC2)OCO4)[nH]n1. The summed E-state index contributed by atoms with van der Waals surface area (Å²) in [6.07, 6.45) is 5.82. The second kappa shape index (κ2) is 9.69. The number of aromatic amines is 1. The quantitative estimate of drug-likeness (QED) is 0.431. The molecule has 2 N–H and O–H groups in total. The first-order valence-corrected chi connectivity index (χ1v) is 12.7. The number of phenolic OH excluding ortho intramolecular Hbond substituents is 1. The molecule has 0 spiro atoms. The number of fused-ring (bicyclic) bond motifs is 4. The van der Waals surface area contributed by atoms with Crippen LogP contribution in [0.25, 0.3) is 11.4 Å². The molecule has 0 radical (unpaired) electrons. The van der Waals surface area contributed by atoms with Crippen LogP contribution in [0.1, 0.15) is 39.2 Å². The van der Waals surface area contributed by atoms with Gasteiger partial charge < -0.3 is 24.0 Å². The highest BCUT2D eigenvalue weighted by Crippen LogP contribution is 2.36. The Balaban J connectivity index is 1.29. The van der Waals surface area contributed by atoms with Crippen LogP contribution in [0.2, 0.25) is 0 Å². The van der Waals surface area contributed by atoms with E-state index in [1.807, 2.05) is 47.0 Å². The van der Waals surface area contributed by atoms with Gasteiger partial charge in [-0.2, -0.15) is 5.10 Å². The summed E-state index contributed by atoms with van der Waals surface area (Å²) < 4.78 is 13.2. The standard InChI is InChI=1S/C29H30N4O4/c1-32-11-3-5-25(32)23-17-24(31-30-23)29(35)33-12-2-4-20-15-27-28(37-18-36-27)16-21(20)7-8-22-14-19(10-13-33)6-9-26(22)34/h3,5-6,9,11,14-17,34H,2,4,7-8,10,12-13,18H2,1H3,(H,30,31). The van der Waals surface area contributed by atoms with Crippen molar-refractivity contribution in [2.24, 2.45) is 7.05 Å². The number of ether oxygens (including phenoxy) is 2. The number of carbonyl (C=O) groups excluding carboxylic acids is 1. The second-order valence-corrected chi connectivity index (χ2v) is 9.75. The molecule has 6 rings (SSSR count). The van der Waals surface area contributed by atoms with Gasteiger partial charge in [0.2, 0.25) is 6.79 Å². The summed E-state index contributed by atoms with van der Waals surface area (Å²) in [6, 6.07) is 15.7. The molecule has 2 bridgehead atoms. The zero-order valence-electron chi connectivity index (χ0n) is 20.9. The largest absolute Gasteiger partial charge is 0.508 e. The van der Waals surface area contributed by atoms with Gasteiger partial charge in [-0.25, -0.2) is 0 Å². The number of hydrogen-bond acceptors (Lipinski definition) is 5. The molecule has 2 aliphatic rings. The summed E-state index contributed by atoms with van der Waals surface area (Å²) in [5.41, 5.74) is 6.58. The number of aromatic nitrogens is 3. The first-order valence-electron chi connectivity index (χ1n) is 12.7. The average molecular weight is 499 g/mol. The molecule has 0 saturated carbocycles. The van der Waals surface area contributed by atoms with Crippen molar-refractivity contribution in [3.63, 3.8) is 0 Å². The van der Waals surface area contributed by atoms with Gasteiger partial charge in [-0.3, -0.25) is 9.89 Å². The first kappa shape index (κ1) is 23.2. The highest BCUT2D eigenvalue weighted by molar-refractivity contribution is 5.93. The first-order chi connectivity index (χ1) is 18.0. The topological polar surface area (TPSA) is 92.6 Å². The Morgan fingerprint density at radius 3 is 2.51 bits per heavy atom. The van der Waals surface area contributed by atoms with Gasteiger partial charge in [0.25, 0.3) is 5.91 Å². The van der Waals surface area contributed by atoms with Crippen molar-refractivity contribution < 1.29 is 19.4 Å². The molecule has 2 aliphatic heterocycles. The van der Waals surface area contributed by atoms with E-state index in [0.717, 1.165) is 59.7 Å². The summed E-state index contributed by atoms with van der Waals surface area (Å²) in [4.78, 5) is 15.5. The molecule has 4 heterocycles. The molecule has 0 unspecified atom stereocenters.